The molecule has 2 aromatic heterocycles. The van der Waals surface area contributed by atoms with Gasteiger partial charge < -0.3 is 9.64 Å². The lowest BCUT2D eigenvalue weighted by Crippen LogP contribution is -2.50. The van der Waals surface area contributed by atoms with Gasteiger partial charge in [-0.25, -0.2) is 23.7 Å². The zero-order valence-electron chi connectivity index (χ0n) is 15.8. The van der Waals surface area contributed by atoms with Crippen LogP contribution in [0.1, 0.15) is 5.69 Å². The third kappa shape index (κ3) is 4.45. The van der Waals surface area contributed by atoms with E-state index in [0.717, 1.165) is 23.9 Å². The summed E-state index contributed by atoms with van der Waals surface area (Å²) in [4.78, 5) is 30.2. The number of carbonyl (C=O) groups is 1. The molecule has 0 unspecified atom stereocenters. The van der Waals surface area contributed by atoms with Crippen molar-refractivity contribution >= 4 is 5.91 Å². The van der Waals surface area contributed by atoms with E-state index >= 15 is 0 Å². The van der Waals surface area contributed by atoms with Crippen LogP contribution in [0.15, 0.2) is 55.6 Å². The lowest BCUT2D eigenvalue weighted by Gasteiger charge is -2.38. The van der Waals surface area contributed by atoms with Gasteiger partial charge in [-0.15, -0.1) is 0 Å². The second-order valence-corrected chi connectivity index (χ2v) is 6.87. The molecule has 4 rings (SSSR count). The molecule has 1 fully saturated rings. The summed E-state index contributed by atoms with van der Waals surface area (Å²) in [5.74, 6) is -1.27. The summed E-state index contributed by atoms with van der Waals surface area (Å²) in [6.07, 6.45) is 8.31. The number of hydrogen-bond donors (Lipinski definition) is 0. The molecular weight excluding hydrogens is 392 g/mol. The number of amides is 1. The van der Waals surface area contributed by atoms with Gasteiger partial charge in [-0.2, -0.15) is 0 Å². The van der Waals surface area contributed by atoms with Crippen LogP contribution >= 0.6 is 0 Å². The van der Waals surface area contributed by atoms with E-state index in [4.69, 9.17) is 4.74 Å². The van der Waals surface area contributed by atoms with E-state index in [-0.39, 0.29) is 17.7 Å². The maximum Gasteiger partial charge on any atom is 0.321 e. The normalized spacial score (nSPS) is 13.6. The highest BCUT2D eigenvalue weighted by atomic mass is 19.1. The fourth-order valence-corrected chi connectivity index (χ4v) is 3.14. The van der Waals surface area contributed by atoms with E-state index in [1.54, 1.807) is 17.3 Å². The highest BCUT2D eigenvalue weighted by Crippen LogP contribution is 2.23. The van der Waals surface area contributed by atoms with E-state index in [0.29, 0.717) is 36.7 Å². The van der Waals surface area contributed by atoms with Crippen LogP contribution in [0.5, 0.6) is 11.8 Å². The van der Waals surface area contributed by atoms with E-state index in [1.165, 1.54) is 18.5 Å². The van der Waals surface area contributed by atoms with Gasteiger partial charge in [0, 0.05) is 55.4 Å². The molecular formula is C21H17F2N5O2. The van der Waals surface area contributed by atoms with Crippen LogP contribution in [0.4, 0.5) is 8.78 Å². The number of ether oxygens (including phenoxy) is 1. The zero-order chi connectivity index (χ0) is 21.1. The highest BCUT2D eigenvalue weighted by molar-refractivity contribution is 5.87. The minimum absolute atomic E-state index is 0.0356. The average molecular weight is 409 g/mol. The molecule has 30 heavy (non-hydrogen) atoms. The van der Waals surface area contributed by atoms with Gasteiger partial charge in [0.2, 0.25) is 5.91 Å². The molecule has 0 bridgehead atoms. The Morgan fingerprint density at radius 1 is 1.13 bits per heavy atom. The van der Waals surface area contributed by atoms with Crippen LogP contribution in [0.25, 0.3) is 11.3 Å². The second kappa shape index (κ2) is 8.32. The standard InChI is InChI=1S/C21H17F2N5O2/c1-2-20(29)28-11-13(12-28)3-17-9-24-10-19(27-17)14-7-25-21(26-8-14)30-18-5-15(22)4-16(23)6-18/h2,4-10,13H,1,3,11-12H2. The topological polar surface area (TPSA) is 81.1 Å². The Kier molecular flexibility index (Phi) is 5.42. The Morgan fingerprint density at radius 2 is 1.83 bits per heavy atom. The first-order valence-corrected chi connectivity index (χ1v) is 9.19. The Bertz CT molecular complexity index is 1060. The first kappa shape index (κ1) is 19.6. The van der Waals surface area contributed by atoms with E-state index in [1.807, 2.05) is 0 Å². The van der Waals surface area contributed by atoms with Crippen LogP contribution in [-0.4, -0.2) is 43.8 Å². The SMILES string of the molecule is C=CC(=O)N1CC(Cc2cncc(-c3cnc(Oc4cc(F)cc(F)c4)nc3)n2)C1. The summed E-state index contributed by atoms with van der Waals surface area (Å²) < 4.78 is 31.8. The van der Waals surface area contributed by atoms with Gasteiger partial charge in [0.05, 0.1) is 17.6 Å². The highest BCUT2D eigenvalue weighted by Gasteiger charge is 2.29. The number of carbonyl (C=O) groups excluding carboxylic acids is 1. The van der Waals surface area contributed by atoms with Gasteiger partial charge in [-0.05, 0) is 18.4 Å². The van der Waals surface area contributed by atoms with Crippen LogP contribution in [0, 0.1) is 17.6 Å². The average Bonchev–Trinajstić information content (AvgIpc) is 2.70. The predicted molar refractivity (Wildman–Crippen MR) is 103 cm³/mol. The Morgan fingerprint density at radius 3 is 2.50 bits per heavy atom. The summed E-state index contributed by atoms with van der Waals surface area (Å²) in [7, 11) is 0. The molecule has 1 aromatic carbocycles. The Hall–Kier alpha value is -3.75. The molecule has 0 atom stereocenters. The molecule has 1 aliphatic heterocycles. The van der Waals surface area contributed by atoms with Crippen LogP contribution in [-0.2, 0) is 11.2 Å². The van der Waals surface area contributed by atoms with Gasteiger partial charge >= 0.3 is 6.01 Å². The number of nitrogens with zero attached hydrogens (tertiary/aromatic N) is 5. The van der Waals surface area contributed by atoms with Crippen LogP contribution in [0.2, 0.25) is 0 Å². The molecule has 3 heterocycles. The van der Waals surface area contributed by atoms with E-state index in [9.17, 15) is 13.6 Å². The largest absolute Gasteiger partial charge is 0.424 e. The van der Waals surface area contributed by atoms with Gasteiger partial charge in [0.15, 0.2) is 0 Å². The maximum absolute atomic E-state index is 13.3. The van der Waals surface area contributed by atoms with Crippen molar-refractivity contribution in [2.45, 2.75) is 6.42 Å². The minimum Gasteiger partial charge on any atom is -0.424 e. The summed E-state index contributed by atoms with van der Waals surface area (Å²) in [6.45, 7) is 4.83. The number of likely N-dealkylation sites (tertiary alicyclic amines) is 1. The third-order valence-electron chi connectivity index (χ3n) is 4.59. The Labute approximate surface area is 171 Å². The maximum atomic E-state index is 13.3. The van der Waals surface area contributed by atoms with Gasteiger partial charge in [0.25, 0.3) is 0 Å². The van der Waals surface area contributed by atoms with Crippen molar-refractivity contribution in [3.8, 4) is 23.0 Å². The molecule has 1 aliphatic rings. The van der Waals surface area contributed by atoms with Crippen molar-refractivity contribution in [3.63, 3.8) is 0 Å². The predicted octanol–water partition coefficient (Wildman–Crippen LogP) is 3.19. The minimum atomic E-state index is -0.753. The first-order valence-electron chi connectivity index (χ1n) is 9.19. The van der Waals surface area contributed by atoms with Gasteiger partial charge in [-0.1, -0.05) is 6.58 Å². The molecule has 9 heteroatoms. The lowest BCUT2D eigenvalue weighted by atomic mass is 9.94. The molecule has 0 radical (unpaired) electrons. The van der Waals surface area contributed by atoms with Gasteiger partial charge in [0.1, 0.15) is 17.4 Å². The van der Waals surface area contributed by atoms with Crippen molar-refractivity contribution < 1.29 is 18.3 Å². The number of aromatic nitrogens is 4. The molecule has 0 saturated carbocycles. The Balaban J connectivity index is 1.41. The molecule has 3 aromatic rings. The summed E-state index contributed by atoms with van der Waals surface area (Å²) in [5, 5.41) is 0. The van der Waals surface area contributed by atoms with Crippen molar-refractivity contribution in [1.29, 1.82) is 0 Å². The monoisotopic (exact) mass is 409 g/mol. The molecule has 1 amide bonds. The zero-order valence-corrected chi connectivity index (χ0v) is 15.8. The number of benzene rings is 1. The van der Waals surface area contributed by atoms with Crippen LogP contribution in [0.3, 0.4) is 0 Å². The van der Waals surface area contributed by atoms with Crippen molar-refractivity contribution in [3.05, 3.63) is 73.0 Å². The van der Waals surface area contributed by atoms with Crippen molar-refractivity contribution in [1.82, 2.24) is 24.8 Å². The quantitative estimate of drug-likeness (QED) is 0.582. The fourth-order valence-electron chi connectivity index (χ4n) is 3.14. The van der Waals surface area contributed by atoms with E-state index < -0.39 is 11.6 Å². The summed E-state index contributed by atoms with van der Waals surface area (Å²) in [6, 6.07) is 2.79. The third-order valence-corrected chi connectivity index (χ3v) is 4.59. The number of rotatable bonds is 6. The molecule has 0 N–H and O–H groups in total. The molecule has 0 aliphatic carbocycles. The molecule has 7 nitrogen and oxygen atoms in total. The smallest absolute Gasteiger partial charge is 0.321 e. The van der Waals surface area contributed by atoms with Gasteiger partial charge in [-0.3, -0.25) is 9.78 Å². The fraction of sp³-hybridized carbons (Fsp3) is 0.190. The van der Waals surface area contributed by atoms with Crippen molar-refractivity contribution in [2.75, 3.05) is 13.1 Å². The second-order valence-electron chi connectivity index (χ2n) is 6.87. The lowest BCUT2D eigenvalue weighted by molar-refractivity contribution is -0.132. The number of hydrogen-bond acceptors (Lipinski definition) is 6. The van der Waals surface area contributed by atoms with E-state index in [2.05, 4.69) is 26.5 Å². The molecule has 152 valence electrons. The van der Waals surface area contributed by atoms with Crippen LogP contribution < -0.4 is 4.74 Å². The molecule has 1 saturated heterocycles. The van der Waals surface area contributed by atoms with Crippen molar-refractivity contribution in [2.24, 2.45) is 5.92 Å². The number of halogens is 2. The molecule has 0 spiro atoms. The summed E-state index contributed by atoms with van der Waals surface area (Å²) in [5.41, 5.74) is 2.02. The summed E-state index contributed by atoms with van der Waals surface area (Å²) >= 11 is 0. The first-order chi connectivity index (χ1) is 14.5.